The van der Waals surface area contributed by atoms with Gasteiger partial charge in [-0.3, -0.25) is 0 Å². The monoisotopic (exact) mass is 713 g/mol. The van der Waals surface area contributed by atoms with E-state index < -0.39 is 0 Å². The van der Waals surface area contributed by atoms with Gasteiger partial charge in [0.25, 0.3) is 0 Å². The molecule has 0 aliphatic heterocycles. The van der Waals surface area contributed by atoms with Crippen molar-refractivity contribution in [1.29, 1.82) is 0 Å². The molecule has 0 saturated heterocycles. The van der Waals surface area contributed by atoms with E-state index in [0.717, 1.165) is 44.6 Å². The number of rotatable bonds is 6. The summed E-state index contributed by atoms with van der Waals surface area (Å²) in [5.41, 5.74) is 12.1. The lowest BCUT2D eigenvalue weighted by molar-refractivity contribution is 0.669. The molecular weight excluding hydrogens is 679 g/mol. The van der Waals surface area contributed by atoms with Gasteiger partial charge in [-0.05, 0) is 120 Å². The molecule has 0 aliphatic rings. The van der Waals surface area contributed by atoms with Crippen LogP contribution in [0.4, 0.5) is 17.1 Å². The Morgan fingerprint density at radius 3 is 1.62 bits per heavy atom. The van der Waals surface area contributed by atoms with Gasteiger partial charge < -0.3 is 9.32 Å². The van der Waals surface area contributed by atoms with Crippen LogP contribution < -0.4 is 4.90 Å². The van der Waals surface area contributed by atoms with Crippen molar-refractivity contribution in [3.8, 4) is 33.4 Å². The Kier molecular flexibility index (Phi) is 7.53. The number of benzene rings is 10. The SMILES string of the molecule is c1ccc(-c2ccc(N(c3cccc(-c4ccc(-c5cc6ccccc6c6ccccc56)cc4)c3)c3ccc4c(c3)oc3cc5ccccc5cc34)cc2)cc1. The maximum Gasteiger partial charge on any atom is 0.137 e. The van der Waals surface area contributed by atoms with Gasteiger partial charge in [-0.25, -0.2) is 0 Å². The molecule has 11 aromatic rings. The van der Waals surface area contributed by atoms with Crippen LogP contribution in [0.25, 0.3) is 87.6 Å². The maximum absolute atomic E-state index is 6.56. The highest BCUT2D eigenvalue weighted by Crippen LogP contribution is 2.42. The highest BCUT2D eigenvalue weighted by molar-refractivity contribution is 6.14. The molecule has 0 unspecified atom stereocenters. The second-order valence-electron chi connectivity index (χ2n) is 14.5. The Hall–Kier alpha value is -7.42. The molecule has 11 rings (SSSR count). The Balaban J connectivity index is 1.01. The van der Waals surface area contributed by atoms with E-state index in [9.17, 15) is 0 Å². The van der Waals surface area contributed by atoms with E-state index in [2.05, 4.69) is 217 Å². The van der Waals surface area contributed by atoms with Crippen molar-refractivity contribution in [2.24, 2.45) is 0 Å². The molecule has 0 N–H and O–H groups in total. The van der Waals surface area contributed by atoms with Crippen molar-refractivity contribution < 1.29 is 4.42 Å². The van der Waals surface area contributed by atoms with E-state index in [0.29, 0.717) is 0 Å². The van der Waals surface area contributed by atoms with Gasteiger partial charge in [0, 0.05) is 33.9 Å². The topological polar surface area (TPSA) is 16.4 Å². The lowest BCUT2D eigenvalue weighted by atomic mass is 9.92. The van der Waals surface area contributed by atoms with Crippen LogP contribution in [-0.2, 0) is 0 Å². The average Bonchev–Trinajstić information content (AvgIpc) is 3.62. The quantitative estimate of drug-likeness (QED) is 0.160. The molecule has 0 bridgehead atoms. The fourth-order valence-electron chi connectivity index (χ4n) is 8.43. The zero-order valence-corrected chi connectivity index (χ0v) is 30.6. The fraction of sp³-hybridized carbons (Fsp3) is 0. The molecule has 262 valence electrons. The van der Waals surface area contributed by atoms with Crippen LogP contribution in [0.3, 0.4) is 0 Å². The van der Waals surface area contributed by atoms with Crippen LogP contribution in [-0.4, -0.2) is 0 Å². The van der Waals surface area contributed by atoms with Gasteiger partial charge in [0.2, 0.25) is 0 Å². The van der Waals surface area contributed by atoms with Crippen molar-refractivity contribution >= 4 is 71.3 Å². The van der Waals surface area contributed by atoms with Gasteiger partial charge in [0.05, 0.1) is 0 Å². The predicted molar refractivity (Wildman–Crippen MR) is 237 cm³/mol. The first-order valence-electron chi connectivity index (χ1n) is 19.2. The third kappa shape index (κ3) is 5.51. The number of hydrogen-bond acceptors (Lipinski definition) is 2. The number of fused-ring (bicyclic) bond motifs is 7. The molecular formula is C54H35NO. The molecule has 0 fully saturated rings. The summed E-state index contributed by atoms with van der Waals surface area (Å²) in [7, 11) is 0. The van der Waals surface area contributed by atoms with E-state index in [4.69, 9.17) is 4.42 Å². The van der Waals surface area contributed by atoms with E-state index in [-0.39, 0.29) is 0 Å². The fourth-order valence-corrected chi connectivity index (χ4v) is 8.43. The van der Waals surface area contributed by atoms with Crippen LogP contribution in [0.1, 0.15) is 0 Å². The molecule has 0 radical (unpaired) electrons. The molecule has 0 atom stereocenters. The van der Waals surface area contributed by atoms with Gasteiger partial charge in [0.15, 0.2) is 0 Å². The standard InChI is InChI=1S/C54H35NO/c1-2-11-36(12-3-1)37-25-27-44(28-26-37)55(46-29-30-50-52-32-41-13-4-5-14-42(41)34-53(52)56-54(50)35-46)45-17-10-16-40(31-45)38-21-23-39(24-22-38)51-33-43-15-6-7-18-47(43)48-19-8-9-20-49(48)51/h1-35H. The van der Waals surface area contributed by atoms with Crippen LogP contribution in [0.5, 0.6) is 0 Å². The van der Waals surface area contributed by atoms with Gasteiger partial charge >= 0.3 is 0 Å². The van der Waals surface area contributed by atoms with Crippen molar-refractivity contribution in [3.63, 3.8) is 0 Å². The summed E-state index contributed by atoms with van der Waals surface area (Å²) in [4.78, 5) is 2.33. The number of hydrogen-bond donors (Lipinski definition) is 0. The average molecular weight is 714 g/mol. The van der Waals surface area contributed by atoms with Crippen LogP contribution in [0, 0.1) is 0 Å². The Bertz CT molecular complexity index is 3230. The summed E-state index contributed by atoms with van der Waals surface area (Å²) in [6, 6.07) is 76.5. The third-order valence-corrected chi connectivity index (χ3v) is 11.2. The number of nitrogens with zero attached hydrogens (tertiary/aromatic N) is 1. The van der Waals surface area contributed by atoms with Crippen molar-refractivity contribution in [1.82, 2.24) is 0 Å². The lowest BCUT2D eigenvalue weighted by Crippen LogP contribution is -2.10. The summed E-state index contributed by atoms with van der Waals surface area (Å²) in [5.74, 6) is 0. The van der Waals surface area contributed by atoms with Crippen molar-refractivity contribution in [2.75, 3.05) is 4.90 Å². The number of furan rings is 1. The molecule has 0 aliphatic carbocycles. The third-order valence-electron chi connectivity index (χ3n) is 11.2. The molecule has 2 nitrogen and oxygen atoms in total. The Labute approximate surface area is 325 Å². The van der Waals surface area contributed by atoms with Gasteiger partial charge in [0.1, 0.15) is 11.2 Å². The molecule has 1 heterocycles. The summed E-state index contributed by atoms with van der Waals surface area (Å²) in [6.07, 6.45) is 0. The van der Waals surface area contributed by atoms with E-state index in [1.807, 2.05) is 0 Å². The summed E-state index contributed by atoms with van der Waals surface area (Å²) >= 11 is 0. The highest BCUT2D eigenvalue weighted by Gasteiger charge is 2.17. The molecule has 0 spiro atoms. The number of anilines is 3. The molecule has 56 heavy (non-hydrogen) atoms. The van der Waals surface area contributed by atoms with Gasteiger partial charge in [-0.15, -0.1) is 0 Å². The molecule has 0 amide bonds. The second-order valence-corrected chi connectivity index (χ2v) is 14.5. The minimum absolute atomic E-state index is 0.867. The normalized spacial score (nSPS) is 11.6. The van der Waals surface area contributed by atoms with E-state index in [1.54, 1.807) is 0 Å². The van der Waals surface area contributed by atoms with Gasteiger partial charge in [-0.2, -0.15) is 0 Å². The minimum Gasteiger partial charge on any atom is -0.456 e. The van der Waals surface area contributed by atoms with Crippen LogP contribution in [0.15, 0.2) is 217 Å². The molecule has 10 aromatic carbocycles. The van der Waals surface area contributed by atoms with E-state index >= 15 is 0 Å². The zero-order valence-electron chi connectivity index (χ0n) is 30.6. The second kappa shape index (κ2) is 13.2. The summed E-state index contributed by atoms with van der Waals surface area (Å²) < 4.78 is 6.56. The maximum atomic E-state index is 6.56. The Morgan fingerprint density at radius 2 is 0.821 bits per heavy atom. The first-order valence-corrected chi connectivity index (χ1v) is 19.2. The largest absolute Gasteiger partial charge is 0.456 e. The van der Waals surface area contributed by atoms with Gasteiger partial charge in [-0.1, -0.05) is 152 Å². The van der Waals surface area contributed by atoms with Crippen molar-refractivity contribution in [2.45, 2.75) is 0 Å². The lowest BCUT2D eigenvalue weighted by Gasteiger charge is -2.26. The van der Waals surface area contributed by atoms with Crippen molar-refractivity contribution in [3.05, 3.63) is 212 Å². The van der Waals surface area contributed by atoms with Crippen LogP contribution in [0.2, 0.25) is 0 Å². The van der Waals surface area contributed by atoms with Crippen LogP contribution >= 0.6 is 0 Å². The predicted octanol–water partition coefficient (Wildman–Crippen LogP) is 15.5. The summed E-state index contributed by atoms with van der Waals surface area (Å²) in [5, 5.41) is 9.72. The first-order chi connectivity index (χ1) is 27.7. The zero-order chi connectivity index (χ0) is 37.0. The summed E-state index contributed by atoms with van der Waals surface area (Å²) in [6.45, 7) is 0. The Morgan fingerprint density at radius 1 is 0.268 bits per heavy atom. The first kappa shape index (κ1) is 32.0. The molecule has 1 aromatic heterocycles. The minimum atomic E-state index is 0.867. The van der Waals surface area contributed by atoms with E-state index in [1.165, 1.54) is 60.1 Å². The highest BCUT2D eigenvalue weighted by atomic mass is 16.3. The smallest absolute Gasteiger partial charge is 0.137 e. The molecule has 2 heteroatoms. The molecule has 0 saturated carbocycles.